The van der Waals surface area contributed by atoms with Crippen LogP contribution in [0.3, 0.4) is 0 Å². The molecular weight excluding hydrogens is 664 g/mol. The van der Waals surface area contributed by atoms with Crippen molar-refractivity contribution in [2.45, 2.75) is 19.6 Å². The molecule has 0 saturated carbocycles. The van der Waals surface area contributed by atoms with Crippen LogP contribution < -0.4 is 29.7 Å². The molecule has 5 aromatic rings. The standard InChI is InChI=1S/C36H27BrN4O4S/c1-22-31(34(42)40-27-11-7-4-8-12-27)32(26-9-5-3-6-10-26)41-35(43)30(46-36(41)39-22)19-25-17-28(37)33(29(18-25)44-2)45-21-24-15-13-23(20-38)14-16-24/h3-19,32H,21H2,1-2H3,(H,40,42)/b30-19+/t32-/m0/s1. The number of halogens is 1. The highest BCUT2D eigenvalue weighted by Crippen LogP contribution is 2.37. The van der Waals surface area contributed by atoms with E-state index in [0.29, 0.717) is 53.4 Å². The molecule has 1 atom stereocenters. The third-order valence-electron chi connectivity index (χ3n) is 7.43. The minimum Gasteiger partial charge on any atom is -0.493 e. The summed E-state index contributed by atoms with van der Waals surface area (Å²) in [4.78, 5) is 33.0. The first-order valence-electron chi connectivity index (χ1n) is 14.3. The van der Waals surface area contributed by atoms with Crippen LogP contribution in [0.2, 0.25) is 0 Å². The smallest absolute Gasteiger partial charge is 0.271 e. The van der Waals surface area contributed by atoms with Gasteiger partial charge in [0.05, 0.1) is 45.1 Å². The van der Waals surface area contributed by atoms with Crippen molar-refractivity contribution >= 4 is 44.9 Å². The second kappa shape index (κ2) is 13.4. The highest BCUT2D eigenvalue weighted by Gasteiger charge is 2.32. The monoisotopic (exact) mass is 690 g/mol. The Morgan fingerprint density at radius 3 is 2.43 bits per heavy atom. The van der Waals surface area contributed by atoms with Gasteiger partial charge in [0.2, 0.25) is 0 Å². The van der Waals surface area contributed by atoms with E-state index in [4.69, 9.17) is 19.7 Å². The molecule has 1 aliphatic heterocycles. The Balaban J connectivity index is 1.37. The molecule has 2 heterocycles. The van der Waals surface area contributed by atoms with Gasteiger partial charge in [-0.2, -0.15) is 5.26 Å². The lowest BCUT2D eigenvalue weighted by Gasteiger charge is -2.25. The molecule has 1 amide bonds. The number of nitrogens with zero attached hydrogens (tertiary/aromatic N) is 3. The van der Waals surface area contributed by atoms with Crippen LogP contribution in [0.4, 0.5) is 5.69 Å². The van der Waals surface area contributed by atoms with Crippen molar-refractivity contribution in [2.75, 3.05) is 12.4 Å². The average molecular weight is 692 g/mol. The van der Waals surface area contributed by atoms with E-state index in [-0.39, 0.29) is 18.1 Å². The predicted molar refractivity (Wildman–Crippen MR) is 181 cm³/mol. The zero-order chi connectivity index (χ0) is 32.2. The lowest BCUT2D eigenvalue weighted by atomic mass is 9.95. The molecule has 0 spiro atoms. The maximum Gasteiger partial charge on any atom is 0.271 e. The molecule has 228 valence electrons. The van der Waals surface area contributed by atoms with Gasteiger partial charge in [0.1, 0.15) is 6.61 Å². The number of nitriles is 1. The molecule has 6 rings (SSSR count). The number of carbonyl (C=O) groups excluding carboxylic acids is 1. The minimum absolute atomic E-state index is 0.258. The summed E-state index contributed by atoms with van der Waals surface area (Å²) in [5, 5.41) is 12.0. The quantitative estimate of drug-likeness (QED) is 0.212. The number of carbonyl (C=O) groups is 1. The fourth-order valence-electron chi connectivity index (χ4n) is 5.23. The second-order valence-corrected chi connectivity index (χ2v) is 12.3. The van der Waals surface area contributed by atoms with E-state index in [1.54, 1.807) is 42.9 Å². The lowest BCUT2D eigenvalue weighted by Crippen LogP contribution is -2.40. The van der Waals surface area contributed by atoms with E-state index >= 15 is 0 Å². The number of allylic oxidation sites excluding steroid dienone is 1. The normalized spacial score (nSPS) is 14.2. The van der Waals surface area contributed by atoms with Crippen molar-refractivity contribution in [2.24, 2.45) is 4.99 Å². The number of aromatic nitrogens is 1. The van der Waals surface area contributed by atoms with Crippen molar-refractivity contribution in [3.8, 4) is 17.6 Å². The van der Waals surface area contributed by atoms with Crippen molar-refractivity contribution in [1.82, 2.24) is 4.57 Å². The summed E-state index contributed by atoms with van der Waals surface area (Å²) in [6, 6.07) is 31.0. The Hall–Kier alpha value is -5.24. The Labute approximate surface area is 277 Å². The number of para-hydroxylation sites is 1. The SMILES string of the molecule is COc1cc(/C=c2/sc3n(c2=O)[C@@H](c2ccccc2)C(C(=O)Nc2ccccc2)=C(C)N=3)cc(Br)c1OCc1ccc(C#N)cc1. The summed E-state index contributed by atoms with van der Waals surface area (Å²) in [5.41, 5.74) is 4.34. The highest BCUT2D eigenvalue weighted by atomic mass is 79.9. The van der Waals surface area contributed by atoms with Crippen LogP contribution in [0, 0.1) is 11.3 Å². The second-order valence-electron chi connectivity index (χ2n) is 10.4. The first-order chi connectivity index (χ1) is 22.4. The molecule has 0 fully saturated rings. The number of anilines is 1. The van der Waals surface area contributed by atoms with Crippen LogP contribution in [0.5, 0.6) is 11.5 Å². The van der Waals surface area contributed by atoms with E-state index in [9.17, 15) is 9.59 Å². The van der Waals surface area contributed by atoms with Gasteiger partial charge in [-0.15, -0.1) is 0 Å². The zero-order valence-electron chi connectivity index (χ0n) is 24.9. The number of rotatable bonds is 8. The third kappa shape index (κ3) is 6.29. The maximum absolute atomic E-state index is 14.1. The number of amides is 1. The van der Waals surface area contributed by atoms with Gasteiger partial charge in [0, 0.05) is 5.69 Å². The van der Waals surface area contributed by atoms with E-state index < -0.39 is 6.04 Å². The van der Waals surface area contributed by atoms with Crippen LogP contribution >= 0.6 is 27.3 Å². The summed E-state index contributed by atoms with van der Waals surface area (Å²) >= 11 is 4.87. The predicted octanol–water partition coefficient (Wildman–Crippen LogP) is 6.10. The molecule has 10 heteroatoms. The average Bonchev–Trinajstić information content (AvgIpc) is 3.37. The number of benzene rings is 4. The van der Waals surface area contributed by atoms with E-state index in [1.165, 1.54) is 11.3 Å². The molecular formula is C36H27BrN4O4S. The van der Waals surface area contributed by atoms with Gasteiger partial charge in [-0.1, -0.05) is 72.0 Å². The Morgan fingerprint density at radius 2 is 1.76 bits per heavy atom. The summed E-state index contributed by atoms with van der Waals surface area (Å²) in [7, 11) is 1.55. The van der Waals surface area contributed by atoms with Crippen LogP contribution in [0.15, 0.2) is 123 Å². The largest absolute Gasteiger partial charge is 0.493 e. The lowest BCUT2D eigenvalue weighted by molar-refractivity contribution is -0.113. The summed E-state index contributed by atoms with van der Waals surface area (Å²) in [5.74, 6) is 0.681. The molecule has 1 aliphatic rings. The number of nitrogens with one attached hydrogen (secondary N) is 1. The topological polar surface area (TPSA) is 106 Å². The molecule has 0 unspecified atom stereocenters. The van der Waals surface area contributed by atoms with Gasteiger partial charge >= 0.3 is 0 Å². The van der Waals surface area contributed by atoms with Gasteiger partial charge in [-0.25, -0.2) is 4.99 Å². The molecule has 0 aliphatic carbocycles. The number of thiazole rings is 1. The van der Waals surface area contributed by atoms with Crippen LogP contribution in [-0.2, 0) is 11.4 Å². The molecule has 0 radical (unpaired) electrons. The number of methoxy groups -OCH3 is 1. The van der Waals surface area contributed by atoms with Crippen LogP contribution in [0.25, 0.3) is 6.08 Å². The van der Waals surface area contributed by atoms with Crippen molar-refractivity contribution in [3.05, 3.63) is 155 Å². The molecule has 1 N–H and O–H groups in total. The minimum atomic E-state index is -0.664. The number of hydrogen-bond donors (Lipinski definition) is 1. The van der Waals surface area contributed by atoms with Gasteiger partial charge in [0.15, 0.2) is 16.3 Å². The summed E-state index contributed by atoms with van der Waals surface area (Å²) in [6.45, 7) is 2.07. The van der Waals surface area contributed by atoms with E-state index in [2.05, 4.69) is 27.3 Å². The summed E-state index contributed by atoms with van der Waals surface area (Å²) in [6.07, 6.45) is 1.78. The Kier molecular flexibility index (Phi) is 8.97. The van der Waals surface area contributed by atoms with E-state index in [0.717, 1.165) is 11.1 Å². The first-order valence-corrected chi connectivity index (χ1v) is 15.9. The molecule has 0 saturated heterocycles. The van der Waals surface area contributed by atoms with Crippen LogP contribution in [-0.4, -0.2) is 17.6 Å². The fourth-order valence-corrected chi connectivity index (χ4v) is 6.85. The molecule has 0 bridgehead atoms. The van der Waals surface area contributed by atoms with Gasteiger partial charge in [-0.3, -0.25) is 14.2 Å². The Morgan fingerprint density at radius 1 is 1.07 bits per heavy atom. The first kappa shape index (κ1) is 30.8. The summed E-state index contributed by atoms with van der Waals surface area (Å²) < 4.78 is 14.4. The van der Waals surface area contributed by atoms with Crippen molar-refractivity contribution < 1.29 is 14.3 Å². The van der Waals surface area contributed by atoms with Crippen molar-refractivity contribution in [3.63, 3.8) is 0 Å². The number of hydrogen-bond acceptors (Lipinski definition) is 7. The molecule has 4 aromatic carbocycles. The van der Waals surface area contributed by atoms with Gasteiger partial charge < -0.3 is 14.8 Å². The van der Waals surface area contributed by atoms with E-state index in [1.807, 2.05) is 78.9 Å². The van der Waals surface area contributed by atoms with Crippen molar-refractivity contribution in [1.29, 1.82) is 5.26 Å². The molecule has 46 heavy (non-hydrogen) atoms. The van der Waals surface area contributed by atoms with Crippen LogP contribution in [0.1, 0.15) is 35.2 Å². The maximum atomic E-state index is 14.1. The highest BCUT2D eigenvalue weighted by molar-refractivity contribution is 9.10. The number of fused-ring (bicyclic) bond motifs is 1. The molecule has 8 nitrogen and oxygen atoms in total. The molecule has 1 aromatic heterocycles. The zero-order valence-corrected chi connectivity index (χ0v) is 27.3. The number of ether oxygens (including phenoxy) is 2. The van der Waals surface area contributed by atoms with Gasteiger partial charge in [-0.05, 0) is 82.0 Å². The Bertz CT molecular complexity index is 2190. The van der Waals surface area contributed by atoms with Gasteiger partial charge in [0.25, 0.3) is 11.5 Å². The fraction of sp³-hybridized carbons (Fsp3) is 0.111. The third-order valence-corrected chi connectivity index (χ3v) is 9.00.